The summed E-state index contributed by atoms with van der Waals surface area (Å²) in [4.78, 5) is 66.8. The molecule has 3 aliphatic rings. The van der Waals surface area contributed by atoms with Gasteiger partial charge in [-0.05, 0) is 99.8 Å². The molecule has 0 spiro atoms. The number of carbonyl (C=O) groups is 5. The molecule has 1 aliphatic carbocycles. The Hall–Kier alpha value is -2.69. The average Bonchev–Trinajstić information content (AvgIpc) is 3.63. The first-order valence-corrected chi connectivity index (χ1v) is 16.0. The highest BCUT2D eigenvalue weighted by molar-refractivity contribution is 5.87. The molecule has 4 unspecified atom stereocenters. The Morgan fingerprint density at radius 3 is 2.11 bits per heavy atom. The minimum atomic E-state index is -1.45. The Bertz CT molecular complexity index is 1090. The van der Waals surface area contributed by atoms with E-state index in [0.717, 1.165) is 25.7 Å². The summed E-state index contributed by atoms with van der Waals surface area (Å²) >= 11 is 0. The highest BCUT2D eigenvalue weighted by Gasteiger charge is 2.58. The molecule has 3 fully saturated rings. The molecule has 0 amide bonds. The molecule has 0 bridgehead atoms. The van der Waals surface area contributed by atoms with Crippen LogP contribution in [0.3, 0.4) is 0 Å². The van der Waals surface area contributed by atoms with Crippen LogP contribution in [0.1, 0.15) is 120 Å². The molecule has 11 heteroatoms. The molecule has 11 nitrogen and oxygen atoms in total. The van der Waals surface area contributed by atoms with E-state index >= 15 is 0 Å². The third-order valence-electron chi connectivity index (χ3n) is 9.44. The van der Waals surface area contributed by atoms with Gasteiger partial charge in [-0.2, -0.15) is 0 Å². The summed E-state index contributed by atoms with van der Waals surface area (Å²) in [6.07, 6.45) is 3.06. The van der Waals surface area contributed by atoms with Crippen molar-refractivity contribution in [2.45, 2.75) is 137 Å². The molecule has 0 aromatic heterocycles. The van der Waals surface area contributed by atoms with E-state index in [9.17, 15) is 24.0 Å². The van der Waals surface area contributed by atoms with Crippen molar-refractivity contribution in [2.75, 3.05) is 20.0 Å². The van der Waals surface area contributed by atoms with Crippen LogP contribution in [-0.2, 0) is 52.4 Å². The van der Waals surface area contributed by atoms with Crippen molar-refractivity contribution in [3.8, 4) is 0 Å². The molecule has 0 aromatic rings. The fourth-order valence-electron chi connectivity index (χ4n) is 7.37. The van der Waals surface area contributed by atoms with Crippen LogP contribution >= 0.6 is 0 Å². The van der Waals surface area contributed by atoms with Crippen LogP contribution in [0.2, 0.25) is 0 Å². The maximum Gasteiger partial charge on any atom is 0.347 e. The van der Waals surface area contributed by atoms with Crippen LogP contribution in [0.15, 0.2) is 0 Å². The second kappa shape index (κ2) is 13.7. The fraction of sp³-hybridized carbons (Fsp3) is 0.848. The summed E-state index contributed by atoms with van der Waals surface area (Å²) in [5, 5.41) is 0. The van der Waals surface area contributed by atoms with E-state index in [1.54, 1.807) is 48.5 Å². The Morgan fingerprint density at radius 2 is 1.59 bits per heavy atom. The van der Waals surface area contributed by atoms with Crippen LogP contribution in [0.5, 0.6) is 0 Å². The zero-order valence-electron chi connectivity index (χ0n) is 27.8. The average molecular weight is 625 g/mol. The number of carbonyl (C=O) groups excluding carboxylic acids is 5. The predicted molar refractivity (Wildman–Crippen MR) is 158 cm³/mol. The van der Waals surface area contributed by atoms with Crippen molar-refractivity contribution in [1.29, 1.82) is 0 Å². The van der Waals surface area contributed by atoms with Gasteiger partial charge in [-0.15, -0.1) is 0 Å². The first kappa shape index (κ1) is 35.8. The lowest BCUT2D eigenvalue weighted by atomic mass is 9.60. The lowest BCUT2D eigenvalue weighted by Gasteiger charge is -2.42. The zero-order chi connectivity index (χ0) is 33.0. The Labute approximate surface area is 261 Å². The summed E-state index contributed by atoms with van der Waals surface area (Å²) in [5.41, 5.74) is -5.57. The third kappa shape index (κ3) is 8.12. The van der Waals surface area contributed by atoms with E-state index in [1.807, 2.05) is 6.92 Å². The van der Waals surface area contributed by atoms with E-state index in [-0.39, 0.29) is 45.5 Å². The monoisotopic (exact) mass is 624 g/mol. The third-order valence-corrected chi connectivity index (χ3v) is 9.44. The number of rotatable bonds is 15. The zero-order valence-corrected chi connectivity index (χ0v) is 27.8. The minimum absolute atomic E-state index is 0.0201. The van der Waals surface area contributed by atoms with Crippen molar-refractivity contribution in [1.82, 2.24) is 0 Å². The van der Waals surface area contributed by atoms with Gasteiger partial charge in [-0.1, -0.05) is 6.92 Å². The Morgan fingerprint density at radius 1 is 0.932 bits per heavy atom. The molecule has 0 aromatic carbocycles. The molecule has 0 N–H and O–H groups in total. The molecule has 1 saturated carbocycles. The first-order chi connectivity index (χ1) is 20.4. The number of cyclic esters (lactones) is 2. The van der Waals surface area contributed by atoms with Crippen LogP contribution in [0, 0.1) is 21.7 Å². The largest absolute Gasteiger partial charge is 0.463 e. The smallest absolute Gasteiger partial charge is 0.347 e. The predicted octanol–water partition coefficient (Wildman–Crippen LogP) is 5.20. The van der Waals surface area contributed by atoms with Gasteiger partial charge in [0.2, 0.25) is 6.10 Å². The van der Waals surface area contributed by atoms with Crippen LogP contribution in [-0.4, -0.2) is 67.7 Å². The molecule has 3 rings (SSSR count). The number of hydrogen-bond donors (Lipinski definition) is 0. The number of hydrogen-bond acceptors (Lipinski definition) is 11. The van der Waals surface area contributed by atoms with E-state index in [4.69, 9.17) is 28.4 Å². The molecule has 0 radical (unpaired) electrons. The van der Waals surface area contributed by atoms with Gasteiger partial charge in [0, 0.05) is 19.4 Å². The van der Waals surface area contributed by atoms with Gasteiger partial charge in [-0.25, -0.2) is 4.79 Å². The summed E-state index contributed by atoms with van der Waals surface area (Å²) in [6, 6.07) is 0. The molecule has 2 aliphatic heterocycles. The maximum absolute atomic E-state index is 14.1. The van der Waals surface area contributed by atoms with Gasteiger partial charge in [0.25, 0.3) is 0 Å². The second-order valence-corrected chi connectivity index (χ2v) is 14.6. The normalized spacial score (nSPS) is 26.5. The van der Waals surface area contributed by atoms with Gasteiger partial charge in [0.05, 0.1) is 28.3 Å². The van der Waals surface area contributed by atoms with Crippen molar-refractivity contribution >= 4 is 29.8 Å². The van der Waals surface area contributed by atoms with Gasteiger partial charge >= 0.3 is 29.8 Å². The lowest BCUT2D eigenvalue weighted by molar-refractivity contribution is -0.180. The van der Waals surface area contributed by atoms with Crippen molar-refractivity contribution in [2.24, 2.45) is 21.7 Å². The van der Waals surface area contributed by atoms with E-state index < -0.39 is 69.3 Å². The van der Waals surface area contributed by atoms with Gasteiger partial charge < -0.3 is 28.4 Å². The summed E-state index contributed by atoms with van der Waals surface area (Å²) in [6.45, 7) is 14.3. The molecule has 4 atom stereocenters. The molecule has 2 heterocycles. The van der Waals surface area contributed by atoms with Crippen LogP contribution in [0.25, 0.3) is 0 Å². The summed E-state index contributed by atoms with van der Waals surface area (Å²) in [7, 11) is 0. The summed E-state index contributed by atoms with van der Waals surface area (Å²) < 4.78 is 33.0. The summed E-state index contributed by atoms with van der Waals surface area (Å²) in [5.74, 6) is -2.88. The van der Waals surface area contributed by atoms with E-state index in [1.165, 1.54) is 0 Å². The first-order valence-electron chi connectivity index (χ1n) is 16.0. The number of esters is 5. The van der Waals surface area contributed by atoms with Crippen molar-refractivity contribution < 1.29 is 52.4 Å². The Kier molecular flexibility index (Phi) is 11.2. The quantitative estimate of drug-likeness (QED) is 0.103. The highest BCUT2D eigenvalue weighted by Crippen LogP contribution is 2.54. The van der Waals surface area contributed by atoms with Gasteiger partial charge in [0.15, 0.2) is 6.79 Å². The number of ether oxygens (including phenoxy) is 6. The molecule has 2 saturated heterocycles. The lowest BCUT2D eigenvalue weighted by Crippen LogP contribution is -2.47. The van der Waals surface area contributed by atoms with E-state index in [2.05, 4.69) is 0 Å². The van der Waals surface area contributed by atoms with Crippen molar-refractivity contribution in [3.63, 3.8) is 0 Å². The van der Waals surface area contributed by atoms with Gasteiger partial charge in [-0.3, -0.25) is 19.2 Å². The Balaban J connectivity index is 1.97. The maximum atomic E-state index is 14.1. The fourth-order valence-corrected chi connectivity index (χ4v) is 7.37. The molecule has 250 valence electrons. The SMILES string of the molecule is CCOCOC(=O)C(C)(C)CC1(CC(C)(CC(C)(C)C(=O)OC2(CC)CCCC2)C(=O)OC2CCOC2=O)CC(C)OC1=O. The van der Waals surface area contributed by atoms with Crippen molar-refractivity contribution in [3.05, 3.63) is 0 Å². The molecular weight excluding hydrogens is 572 g/mol. The highest BCUT2D eigenvalue weighted by atomic mass is 16.7. The second-order valence-electron chi connectivity index (χ2n) is 14.6. The van der Waals surface area contributed by atoms with Gasteiger partial charge in [0.1, 0.15) is 11.7 Å². The minimum Gasteiger partial charge on any atom is -0.463 e. The van der Waals surface area contributed by atoms with E-state index in [0.29, 0.717) is 13.0 Å². The van der Waals surface area contributed by atoms with Crippen LogP contribution < -0.4 is 0 Å². The topological polar surface area (TPSA) is 141 Å². The standard InChI is InChI=1S/C33H52O11/c1-9-33(14-11-12-15-33)44-26(36)29(4,5)18-31(8,27(37)43-23-13-16-40-24(23)34)20-32(17-22(3)42-28(32)38)19-30(6,7)25(35)41-21-39-10-2/h22-23H,9-21H2,1-8H3. The van der Waals surface area contributed by atoms with Crippen LogP contribution in [0.4, 0.5) is 0 Å². The molecular formula is C33H52O11. The molecule has 44 heavy (non-hydrogen) atoms.